The summed E-state index contributed by atoms with van der Waals surface area (Å²) in [6, 6.07) is 7.44. The number of nitriles is 1. The van der Waals surface area contributed by atoms with Gasteiger partial charge in [0.25, 0.3) is 5.91 Å². The fourth-order valence-electron chi connectivity index (χ4n) is 4.16. The van der Waals surface area contributed by atoms with E-state index in [-0.39, 0.29) is 54.9 Å². The lowest BCUT2D eigenvalue weighted by atomic mass is 9.93. The van der Waals surface area contributed by atoms with Gasteiger partial charge < -0.3 is 24.3 Å². The van der Waals surface area contributed by atoms with Crippen LogP contribution in [-0.4, -0.2) is 61.1 Å². The van der Waals surface area contributed by atoms with Crippen LogP contribution >= 0.6 is 0 Å². The second-order valence-corrected chi connectivity index (χ2v) is 7.54. The molecule has 0 aliphatic carbocycles. The van der Waals surface area contributed by atoms with E-state index in [4.69, 9.17) is 14.3 Å². The highest BCUT2D eigenvalue weighted by Gasteiger charge is 2.36. The molecule has 2 aliphatic rings. The molecule has 0 spiro atoms. The number of hydrogen-bond acceptors (Lipinski definition) is 7. The second-order valence-electron chi connectivity index (χ2n) is 7.54. The van der Waals surface area contributed by atoms with E-state index in [1.165, 1.54) is 24.1 Å². The Hall–Kier alpha value is -3.64. The van der Waals surface area contributed by atoms with Crippen LogP contribution in [0.1, 0.15) is 27.9 Å². The van der Waals surface area contributed by atoms with Crippen molar-refractivity contribution in [1.82, 2.24) is 4.90 Å². The molecule has 1 atom stereocenters. The van der Waals surface area contributed by atoms with Gasteiger partial charge >= 0.3 is 0 Å². The summed E-state index contributed by atoms with van der Waals surface area (Å²) in [4.78, 5) is 19.7. The summed E-state index contributed by atoms with van der Waals surface area (Å²) in [5.41, 5.74) is 2.35. The van der Waals surface area contributed by atoms with Gasteiger partial charge in [0, 0.05) is 17.5 Å². The maximum absolute atomic E-state index is 14.8. The number of nitrogens with zero attached hydrogens (tertiary/aromatic N) is 3. The van der Waals surface area contributed by atoms with Gasteiger partial charge in [-0.15, -0.1) is 0 Å². The maximum atomic E-state index is 14.8. The molecule has 32 heavy (non-hydrogen) atoms. The quantitative estimate of drug-likeness (QED) is 0.735. The van der Waals surface area contributed by atoms with E-state index in [1.54, 1.807) is 19.1 Å². The van der Waals surface area contributed by atoms with Crippen molar-refractivity contribution in [3.8, 4) is 28.7 Å². The molecule has 8 nitrogen and oxygen atoms in total. The molecule has 166 valence electrons. The molecule has 0 saturated carbocycles. The molecule has 2 aromatic carbocycles. The van der Waals surface area contributed by atoms with Crippen molar-refractivity contribution in [2.24, 2.45) is 5.16 Å². The van der Waals surface area contributed by atoms with E-state index < -0.39 is 11.9 Å². The molecule has 2 aliphatic heterocycles. The van der Waals surface area contributed by atoms with Crippen LogP contribution in [0.2, 0.25) is 0 Å². The lowest BCUT2D eigenvalue weighted by molar-refractivity contribution is 0.0670. The number of carbonyl (C=O) groups is 1. The summed E-state index contributed by atoms with van der Waals surface area (Å²) < 4.78 is 26.4. The zero-order valence-electron chi connectivity index (χ0n) is 17.7. The number of aliphatic hydroxyl groups excluding tert-OH is 1. The monoisotopic (exact) mass is 439 g/mol. The third-order valence-corrected chi connectivity index (χ3v) is 5.68. The first-order valence-electron chi connectivity index (χ1n) is 10.1. The Bertz CT molecular complexity index is 1140. The number of likely N-dealkylation sites (tertiary alicyclic amines) is 1. The predicted molar refractivity (Wildman–Crippen MR) is 113 cm³/mol. The summed E-state index contributed by atoms with van der Waals surface area (Å²) >= 11 is 0. The van der Waals surface area contributed by atoms with Crippen LogP contribution in [-0.2, 0) is 4.84 Å². The van der Waals surface area contributed by atoms with Crippen LogP contribution in [0.15, 0.2) is 29.4 Å². The standard InChI is InChI=1S/C23H22FN3O5/c1-13-14(10-25)3-6-19(24)20(13)17-4-5-18(22-21(17)31-7-8-32-22)23(29)27-11-15(26-30-2)9-16(27)12-28/h3-6,16,28H,7-9,11-12H2,1-2H3/b26-15-/t16-/m0/s1. The highest BCUT2D eigenvalue weighted by Crippen LogP contribution is 2.45. The zero-order chi connectivity index (χ0) is 22.8. The Morgan fingerprint density at radius 1 is 1.31 bits per heavy atom. The first-order valence-corrected chi connectivity index (χ1v) is 10.1. The van der Waals surface area contributed by atoms with E-state index in [1.807, 2.05) is 0 Å². The third kappa shape index (κ3) is 3.63. The average molecular weight is 439 g/mol. The van der Waals surface area contributed by atoms with Crippen LogP contribution in [0.3, 0.4) is 0 Å². The molecule has 1 amide bonds. The third-order valence-electron chi connectivity index (χ3n) is 5.68. The number of fused-ring (bicyclic) bond motifs is 1. The highest BCUT2D eigenvalue weighted by atomic mass is 19.1. The molecule has 2 heterocycles. The number of carbonyl (C=O) groups excluding carboxylic acids is 1. The van der Waals surface area contributed by atoms with Crippen LogP contribution < -0.4 is 9.47 Å². The van der Waals surface area contributed by atoms with Gasteiger partial charge in [-0.1, -0.05) is 5.16 Å². The van der Waals surface area contributed by atoms with E-state index in [2.05, 4.69) is 11.2 Å². The van der Waals surface area contributed by atoms with Gasteiger partial charge in [0.2, 0.25) is 0 Å². The van der Waals surface area contributed by atoms with Crippen LogP contribution in [0.25, 0.3) is 11.1 Å². The van der Waals surface area contributed by atoms with Crippen molar-refractivity contribution in [3.63, 3.8) is 0 Å². The zero-order valence-corrected chi connectivity index (χ0v) is 17.7. The molecular weight excluding hydrogens is 417 g/mol. The Balaban J connectivity index is 1.80. The van der Waals surface area contributed by atoms with Crippen molar-refractivity contribution in [3.05, 3.63) is 46.8 Å². The molecule has 2 aromatic rings. The Kier molecular flexibility index (Phi) is 5.97. The first kappa shape index (κ1) is 21.6. The van der Waals surface area contributed by atoms with Crippen molar-refractivity contribution in [2.75, 3.05) is 33.5 Å². The van der Waals surface area contributed by atoms with Crippen LogP contribution in [0.4, 0.5) is 4.39 Å². The molecule has 0 aromatic heterocycles. The SMILES string of the molecule is CO/N=C1/C[C@@H](CO)N(C(=O)c2ccc(-c3c(F)ccc(C#N)c3C)c3c2OCCO3)C1. The van der Waals surface area contributed by atoms with Gasteiger partial charge in [-0.3, -0.25) is 4.79 Å². The van der Waals surface area contributed by atoms with Gasteiger partial charge in [0.05, 0.1) is 42.1 Å². The molecular formula is C23H22FN3O5. The van der Waals surface area contributed by atoms with Gasteiger partial charge in [-0.05, 0) is 36.8 Å². The number of ether oxygens (including phenoxy) is 2. The number of aliphatic hydroxyl groups is 1. The summed E-state index contributed by atoms with van der Waals surface area (Å²) in [5, 5.41) is 23.0. The number of hydrogen-bond donors (Lipinski definition) is 1. The smallest absolute Gasteiger partial charge is 0.258 e. The lowest BCUT2D eigenvalue weighted by Gasteiger charge is -2.27. The van der Waals surface area contributed by atoms with Crippen molar-refractivity contribution < 1.29 is 28.6 Å². The largest absolute Gasteiger partial charge is 0.485 e. The summed E-state index contributed by atoms with van der Waals surface area (Å²) in [6.07, 6.45) is 0.402. The van der Waals surface area contributed by atoms with Gasteiger partial charge in [0.15, 0.2) is 11.5 Å². The van der Waals surface area contributed by atoms with Crippen LogP contribution in [0, 0.1) is 24.1 Å². The number of benzene rings is 2. The van der Waals surface area contributed by atoms with E-state index in [0.717, 1.165) is 0 Å². The minimum absolute atomic E-state index is 0.216. The Labute approximate surface area is 184 Å². The Morgan fingerprint density at radius 3 is 2.75 bits per heavy atom. The summed E-state index contributed by atoms with van der Waals surface area (Å²) in [7, 11) is 1.42. The first-order chi connectivity index (χ1) is 15.5. The van der Waals surface area contributed by atoms with Gasteiger partial charge in [0.1, 0.15) is 26.1 Å². The van der Waals surface area contributed by atoms with E-state index >= 15 is 0 Å². The molecule has 9 heteroatoms. The van der Waals surface area contributed by atoms with E-state index in [0.29, 0.717) is 28.8 Å². The Morgan fingerprint density at radius 2 is 2.06 bits per heavy atom. The van der Waals surface area contributed by atoms with Gasteiger partial charge in [-0.25, -0.2) is 4.39 Å². The predicted octanol–water partition coefficient (Wildman–Crippen LogP) is 2.65. The minimum Gasteiger partial charge on any atom is -0.485 e. The maximum Gasteiger partial charge on any atom is 0.258 e. The van der Waals surface area contributed by atoms with Gasteiger partial charge in [-0.2, -0.15) is 5.26 Å². The lowest BCUT2D eigenvalue weighted by Crippen LogP contribution is -2.38. The molecule has 1 N–H and O–H groups in total. The summed E-state index contributed by atoms with van der Waals surface area (Å²) in [5.74, 6) is -0.391. The minimum atomic E-state index is -0.503. The molecule has 1 fully saturated rings. The fraction of sp³-hybridized carbons (Fsp3) is 0.348. The van der Waals surface area contributed by atoms with E-state index in [9.17, 15) is 19.6 Å². The number of rotatable bonds is 4. The van der Waals surface area contributed by atoms with Crippen LogP contribution in [0.5, 0.6) is 11.5 Å². The molecule has 0 unspecified atom stereocenters. The molecule has 0 bridgehead atoms. The van der Waals surface area contributed by atoms with Crippen molar-refractivity contribution in [1.29, 1.82) is 5.26 Å². The van der Waals surface area contributed by atoms with Crippen molar-refractivity contribution >= 4 is 11.6 Å². The summed E-state index contributed by atoms with van der Waals surface area (Å²) in [6.45, 7) is 2.13. The second kappa shape index (κ2) is 8.85. The topological polar surface area (TPSA) is 104 Å². The average Bonchev–Trinajstić information content (AvgIpc) is 3.22. The highest BCUT2D eigenvalue weighted by molar-refractivity contribution is 6.03. The molecule has 1 saturated heterocycles. The number of halogens is 1. The molecule has 0 radical (unpaired) electrons. The number of amides is 1. The normalized spacial score (nSPS) is 18.5. The van der Waals surface area contributed by atoms with Crippen molar-refractivity contribution in [2.45, 2.75) is 19.4 Å². The fourth-order valence-corrected chi connectivity index (χ4v) is 4.16. The molecule has 4 rings (SSSR count). The number of oxime groups is 1.